The van der Waals surface area contributed by atoms with E-state index in [1.807, 2.05) is 66.7 Å². The molecule has 6 nitrogen and oxygen atoms in total. The summed E-state index contributed by atoms with van der Waals surface area (Å²) < 4.78 is 6.98. The quantitative estimate of drug-likeness (QED) is 0.397. The number of aromatic nitrogens is 2. The van der Waals surface area contributed by atoms with E-state index in [9.17, 15) is 9.59 Å². The van der Waals surface area contributed by atoms with Crippen molar-refractivity contribution in [3.8, 4) is 10.4 Å². The van der Waals surface area contributed by atoms with E-state index in [2.05, 4.69) is 0 Å². The minimum absolute atomic E-state index is 0.105. The predicted octanol–water partition coefficient (Wildman–Crippen LogP) is 5.06. The van der Waals surface area contributed by atoms with Gasteiger partial charge in [0.05, 0.1) is 11.9 Å². The number of hydrogen-bond donors (Lipinski definition) is 1. The van der Waals surface area contributed by atoms with Crippen LogP contribution in [0.2, 0.25) is 0 Å². The molecule has 0 fully saturated rings. The number of carbonyl (C=O) groups is 1. The molecule has 0 aliphatic rings. The van der Waals surface area contributed by atoms with Crippen molar-refractivity contribution in [3.63, 3.8) is 0 Å². The number of hydrogen-bond acceptors (Lipinski definition) is 5. The van der Waals surface area contributed by atoms with E-state index in [0.29, 0.717) is 28.2 Å². The Kier molecular flexibility index (Phi) is 5.17. The van der Waals surface area contributed by atoms with Crippen molar-refractivity contribution < 1.29 is 14.3 Å². The molecule has 0 atom stereocenters. The molecule has 3 heterocycles. The van der Waals surface area contributed by atoms with Gasteiger partial charge in [-0.1, -0.05) is 60.7 Å². The van der Waals surface area contributed by atoms with E-state index < -0.39 is 5.97 Å². The summed E-state index contributed by atoms with van der Waals surface area (Å²) in [7, 11) is 0. The average Bonchev–Trinajstić information content (AvgIpc) is 3.45. The lowest BCUT2D eigenvalue weighted by Crippen LogP contribution is -2.25. The Morgan fingerprint density at radius 2 is 1.72 bits per heavy atom. The summed E-state index contributed by atoms with van der Waals surface area (Å²) in [5, 5.41) is 9.69. The molecule has 0 radical (unpaired) electrons. The van der Waals surface area contributed by atoms with Crippen molar-refractivity contribution >= 4 is 27.5 Å². The van der Waals surface area contributed by atoms with Gasteiger partial charge in [0.2, 0.25) is 5.76 Å². The Morgan fingerprint density at radius 3 is 2.41 bits per heavy atom. The van der Waals surface area contributed by atoms with Gasteiger partial charge < -0.3 is 9.52 Å². The lowest BCUT2D eigenvalue weighted by atomic mass is 10.1. The topological polar surface area (TPSA) is 85.3 Å². The van der Waals surface area contributed by atoms with Crippen LogP contribution in [0.15, 0.2) is 88.1 Å². The van der Waals surface area contributed by atoms with Crippen molar-refractivity contribution in [1.82, 2.24) is 9.55 Å². The number of carboxylic acid groups (broad SMARTS) is 1. The van der Waals surface area contributed by atoms with Gasteiger partial charge in [0.1, 0.15) is 16.4 Å². The number of aromatic carboxylic acids is 1. The number of fused-ring (bicyclic) bond motifs is 1. The summed E-state index contributed by atoms with van der Waals surface area (Å²) >= 11 is 1.49. The number of carboxylic acids is 1. The van der Waals surface area contributed by atoms with Gasteiger partial charge in [-0.2, -0.15) is 0 Å². The highest BCUT2D eigenvalue weighted by molar-refractivity contribution is 7.21. The molecule has 7 heteroatoms. The highest BCUT2D eigenvalue weighted by Crippen LogP contribution is 2.31. The summed E-state index contributed by atoms with van der Waals surface area (Å²) in [6.45, 7) is 0.105. The lowest BCUT2D eigenvalue weighted by molar-refractivity contribution is 0.0660. The van der Waals surface area contributed by atoms with Crippen LogP contribution in [0, 0.1) is 0 Å². The molecule has 2 aromatic carbocycles. The van der Waals surface area contributed by atoms with Gasteiger partial charge >= 0.3 is 5.97 Å². The Hall–Kier alpha value is -3.97. The molecule has 0 unspecified atom stereocenters. The molecule has 0 amide bonds. The second-order valence-corrected chi connectivity index (χ2v) is 8.38. The number of nitrogens with zero attached hydrogens (tertiary/aromatic N) is 2. The van der Waals surface area contributed by atoms with Crippen LogP contribution in [0.3, 0.4) is 0 Å². The van der Waals surface area contributed by atoms with Gasteiger partial charge in [0, 0.05) is 11.3 Å². The van der Waals surface area contributed by atoms with Crippen molar-refractivity contribution in [3.05, 3.63) is 112 Å². The van der Waals surface area contributed by atoms with E-state index >= 15 is 0 Å². The first-order chi connectivity index (χ1) is 15.6. The lowest BCUT2D eigenvalue weighted by Gasteiger charge is -2.11. The zero-order valence-electron chi connectivity index (χ0n) is 16.9. The standard InChI is InChI=1S/C25H18N2O4S/c28-24-19-14-21(17-9-5-2-6-10-17)32-23(19)26-22(13-16-7-3-1-4-8-16)27(24)15-18-11-12-20(31-18)25(29)30/h1-12,14H,13,15H2,(H,29,30). The molecule has 5 rings (SSSR count). The monoisotopic (exact) mass is 442 g/mol. The zero-order valence-corrected chi connectivity index (χ0v) is 17.7. The Morgan fingerprint density at radius 1 is 1.00 bits per heavy atom. The summed E-state index contributed by atoms with van der Waals surface area (Å²) in [5.41, 5.74) is 1.88. The highest BCUT2D eigenvalue weighted by Gasteiger charge is 2.17. The molecular formula is C25H18N2O4S. The maximum absolute atomic E-state index is 13.5. The molecular weight excluding hydrogens is 424 g/mol. The fourth-order valence-corrected chi connectivity index (χ4v) is 4.66. The largest absolute Gasteiger partial charge is 0.475 e. The third-order valence-corrected chi connectivity index (χ3v) is 6.26. The van der Waals surface area contributed by atoms with E-state index in [-0.39, 0.29) is 17.9 Å². The normalized spacial score (nSPS) is 11.1. The third kappa shape index (κ3) is 3.86. The van der Waals surface area contributed by atoms with Crippen LogP contribution >= 0.6 is 11.3 Å². The Balaban J connectivity index is 1.64. The first kappa shape index (κ1) is 20.0. The van der Waals surface area contributed by atoms with Crippen LogP contribution in [0.1, 0.15) is 27.7 Å². The first-order valence-corrected chi connectivity index (χ1v) is 10.8. The van der Waals surface area contributed by atoms with Crippen molar-refractivity contribution in [2.24, 2.45) is 0 Å². The number of furan rings is 1. The molecule has 0 saturated carbocycles. The van der Waals surface area contributed by atoms with E-state index in [0.717, 1.165) is 16.0 Å². The van der Waals surface area contributed by atoms with E-state index in [4.69, 9.17) is 14.5 Å². The maximum atomic E-state index is 13.5. The Bertz CT molecular complexity index is 1470. The highest BCUT2D eigenvalue weighted by atomic mass is 32.1. The Labute approximate surface area is 187 Å². The number of thiophene rings is 1. The minimum atomic E-state index is -1.15. The van der Waals surface area contributed by atoms with Crippen molar-refractivity contribution in [2.75, 3.05) is 0 Å². The van der Waals surface area contributed by atoms with Gasteiger partial charge in [-0.05, 0) is 29.3 Å². The van der Waals surface area contributed by atoms with Gasteiger partial charge in [-0.3, -0.25) is 9.36 Å². The van der Waals surface area contributed by atoms with E-state index in [1.165, 1.54) is 17.4 Å². The zero-order chi connectivity index (χ0) is 22.1. The molecule has 32 heavy (non-hydrogen) atoms. The minimum Gasteiger partial charge on any atom is -0.475 e. The molecule has 0 bridgehead atoms. The van der Waals surface area contributed by atoms with Crippen molar-refractivity contribution in [2.45, 2.75) is 13.0 Å². The third-order valence-electron chi connectivity index (χ3n) is 5.18. The van der Waals surface area contributed by atoms with Crippen LogP contribution in [-0.2, 0) is 13.0 Å². The van der Waals surface area contributed by atoms with Crippen LogP contribution < -0.4 is 5.56 Å². The van der Waals surface area contributed by atoms with Gasteiger partial charge in [-0.25, -0.2) is 9.78 Å². The fourth-order valence-electron chi connectivity index (χ4n) is 3.61. The number of rotatable bonds is 6. The molecule has 0 aliphatic heterocycles. The van der Waals surface area contributed by atoms with Crippen LogP contribution in [0.5, 0.6) is 0 Å². The molecule has 1 N–H and O–H groups in total. The first-order valence-electron chi connectivity index (χ1n) is 10.0. The molecule has 158 valence electrons. The van der Waals surface area contributed by atoms with Crippen molar-refractivity contribution in [1.29, 1.82) is 0 Å². The van der Waals surface area contributed by atoms with Gasteiger partial charge in [0.15, 0.2) is 0 Å². The molecule has 0 saturated heterocycles. The second kappa shape index (κ2) is 8.28. The second-order valence-electron chi connectivity index (χ2n) is 7.35. The summed E-state index contributed by atoms with van der Waals surface area (Å²) in [6, 6.07) is 24.5. The maximum Gasteiger partial charge on any atom is 0.371 e. The molecule has 0 aliphatic carbocycles. The smallest absolute Gasteiger partial charge is 0.371 e. The van der Waals surface area contributed by atoms with Crippen LogP contribution in [-0.4, -0.2) is 20.6 Å². The average molecular weight is 442 g/mol. The summed E-state index contributed by atoms with van der Waals surface area (Å²) in [5.74, 6) is -0.317. The van der Waals surface area contributed by atoms with Gasteiger partial charge in [0.25, 0.3) is 5.56 Å². The SMILES string of the molecule is O=C(O)c1ccc(Cn2c(Cc3ccccc3)nc3sc(-c4ccccc4)cc3c2=O)o1. The molecule has 5 aromatic rings. The predicted molar refractivity (Wildman–Crippen MR) is 123 cm³/mol. The summed E-state index contributed by atoms with van der Waals surface area (Å²) in [6.07, 6.45) is 0.469. The molecule has 0 spiro atoms. The van der Waals surface area contributed by atoms with Gasteiger partial charge in [-0.15, -0.1) is 11.3 Å². The molecule has 3 aromatic heterocycles. The van der Waals surface area contributed by atoms with E-state index in [1.54, 1.807) is 10.6 Å². The van der Waals surface area contributed by atoms with Crippen LogP contribution in [0.25, 0.3) is 20.7 Å². The summed E-state index contributed by atoms with van der Waals surface area (Å²) in [4.78, 5) is 31.2. The fraction of sp³-hybridized carbons (Fsp3) is 0.0800. The van der Waals surface area contributed by atoms with Crippen LogP contribution in [0.4, 0.5) is 0 Å². The number of benzene rings is 2.